The molecule has 0 radical (unpaired) electrons. The number of hydrogen-bond donors (Lipinski definition) is 8. The fraction of sp³-hybridized carbons (Fsp3) is 0.455. The molecule has 6 atom stereocenters. The van der Waals surface area contributed by atoms with E-state index in [4.69, 9.17) is 0 Å². The monoisotopic (exact) mass is 638 g/mol. The fourth-order valence-electron chi connectivity index (χ4n) is 6.54. The molecule has 45 heavy (non-hydrogen) atoms. The quantitative estimate of drug-likeness (QED) is 0.161. The number of rotatable bonds is 12. The number of carbonyl (C=O) groups is 4. The maximum absolute atomic E-state index is 12.5. The van der Waals surface area contributed by atoms with E-state index < -0.39 is 18.0 Å². The van der Waals surface area contributed by atoms with Gasteiger partial charge in [0.2, 0.25) is 5.91 Å². The molecule has 3 aliphatic heterocycles. The van der Waals surface area contributed by atoms with Gasteiger partial charge in [-0.05, 0) is 73.6 Å². The van der Waals surface area contributed by atoms with E-state index in [0.29, 0.717) is 34.7 Å². The third-order valence-electron chi connectivity index (χ3n) is 9.24. The van der Waals surface area contributed by atoms with Crippen LogP contribution >= 0.6 is 12.6 Å². The van der Waals surface area contributed by atoms with E-state index in [2.05, 4.69) is 40.1 Å². The summed E-state index contributed by atoms with van der Waals surface area (Å²) in [7, 11) is 0. The molecule has 0 bridgehead atoms. The van der Waals surface area contributed by atoms with Gasteiger partial charge in [0.05, 0.1) is 6.04 Å². The van der Waals surface area contributed by atoms with Crippen molar-refractivity contribution in [1.29, 1.82) is 0 Å². The SMILES string of the molecule is C=CC1=C(C)[C@@H](CC2N/C(=C\c3[nH]c(/C=C4\NC(=O)[C@H](C)[C@H]4C(C)S)c(C)c3CCC(=O)O)C(C[C@H](O)C(=O)O)=C2C)NC1=O. The summed E-state index contributed by atoms with van der Waals surface area (Å²) in [4.78, 5) is 51.5. The number of aliphatic hydroxyl groups excluding tert-OH is 1. The number of aliphatic hydroxyl groups is 1. The van der Waals surface area contributed by atoms with Crippen LogP contribution in [-0.2, 0) is 25.6 Å². The third kappa shape index (κ3) is 6.96. The number of aromatic nitrogens is 1. The van der Waals surface area contributed by atoms with Gasteiger partial charge in [-0.25, -0.2) is 4.79 Å². The number of nitrogens with one attached hydrogen (secondary N) is 4. The molecule has 242 valence electrons. The lowest BCUT2D eigenvalue weighted by Gasteiger charge is -2.20. The number of thiol groups is 1. The van der Waals surface area contributed by atoms with Crippen LogP contribution in [0.3, 0.4) is 0 Å². The van der Waals surface area contributed by atoms with Gasteiger partial charge in [0.25, 0.3) is 5.91 Å². The van der Waals surface area contributed by atoms with Gasteiger partial charge >= 0.3 is 11.9 Å². The lowest BCUT2D eigenvalue weighted by atomic mass is 9.91. The highest BCUT2D eigenvalue weighted by molar-refractivity contribution is 7.80. The Kier molecular flexibility index (Phi) is 10.2. The molecular weight excluding hydrogens is 596 g/mol. The molecule has 1 aromatic rings. The largest absolute Gasteiger partial charge is 0.481 e. The van der Waals surface area contributed by atoms with Crippen LogP contribution in [0.1, 0.15) is 69.5 Å². The Hall–Kier alpha value is -4.03. The van der Waals surface area contributed by atoms with E-state index in [1.54, 1.807) is 0 Å². The second-order valence-corrected chi connectivity index (χ2v) is 12.9. The topological polar surface area (TPSA) is 181 Å². The number of carboxylic acids is 2. The zero-order valence-electron chi connectivity index (χ0n) is 26.2. The maximum Gasteiger partial charge on any atom is 0.332 e. The second-order valence-electron chi connectivity index (χ2n) is 12.1. The molecule has 3 aliphatic rings. The Morgan fingerprint density at radius 3 is 2.29 bits per heavy atom. The van der Waals surface area contributed by atoms with Crippen LogP contribution in [0.2, 0.25) is 0 Å². The zero-order chi connectivity index (χ0) is 33.3. The summed E-state index contributed by atoms with van der Waals surface area (Å²) in [6, 6.07) is -0.532. The second kappa shape index (κ2) is 13.5. The molecule has 0 spiro atoms. The van der Waals surface area contributed by atoms with Gasteiger partial charge in [-0.15, -0.1) is 0 Å². The summed E-state index contributed by atoms with van der Waals surface area (Å²) < 4.78 is 0. The van der Waals surface area contributed by atoms with Crippen molar-refractivity contribution in [3.05, 3.63) is 68.9 Å². The lowest BCUT2D eigenvalue weighted by Crippen LogP contribution is -2.36. The molecule has 0 saturated carbocycles. The molecule has 7 N–H and O–H groups in total. The molecule has 12 heteroatoms. The molecule has 1 aromatic heterocycles. The fourth-order valence-corrected chi connectivity index (χ4v) is 6.96. The van der Waals surface area contributed by atoms with Crippen molar-refractivity contribution in [2.24, 2.45) is 11.8 Å². The van der Waals surface area contributed by atoms with Crippen molar-refractivity contribution < 1.29 is 34.5 Å². The van der Waals surface area contributed by atoms with E-state index in [1.165, 1.54) is 6.08 Å². The van der Waals surface area contributed by atoms with E-state index >= 15 is 0 Å². The maximum atomic E-state index is 12.5. The number of aromatic amines is 1. The first-order valence-electron chi connectivity index (χ1n) is 15.0. The molecule has 1 fully saturated rings. The molecule has 1 saturated heterocycles. The number of carbonyl (C=O) groups excluding carboxylic acids is 2. The van der Waals surface area contributed by atoms with Gasteiger partial charge in [-0.2, -0.15) is 12.6 Å². The highest BCUT2D eigenvalue weighted by atomic mass is 32.1. The van der Waals surface area contributed by atoms with Gasteiger partial charge in [-0.1, -0.05) is 26.5 Å². The summed E-state index contributed by atoms with van der Waals surface area (Å²) in [5, 5.41) is 38.6. The highest BCUT2D eigenvalue weighted by Crippen LogP contribution is 2.36. The summed E-state index contributed by atoms with van der Waals surface area (Å²) in [5.41, 5.74) is 7.11. The van der Waals surface area contributed by atoms with Gasteiger partial charge in [-0.3, -0.25) is 14.4 Å². The number of hydrogen-bond acceptors (Lipinski definition) is 7. The molecule has 4 heterocycles. The van der Waals surface area contributed by atoms with Crippen molar-refractivity contribution in [3.63, 3.8) is 0 Å². The van der Waals surface area contributed by atoms with Crippen molar-refractivity contribution >= 4 is 48.5 Å². The number of aliphatic carboxylic acids is 2. The Bertz CT molecular complexity index is 1560. The minimum absolute atomic E-state index is 0.0861. The average molecular weight is 639 g/mol. The summed E-state index contributed by atoms with van der Waals surface area (Å²) >= 11 is 4.61. The predicted octanol–water partition coefficient (Wildman–Crippen LogP) is 3.24. The first kappa shape index (κ1) is 33.9. The van der Waals surface area contributed by atoms with Crippen LogP contribution in [0.4, 0.5) is 0 Å². The van der Waals surface area contributed by atoms with E-state index in [1.807, 2.05) is 46.8 Å². The van der Waals surface area contributed by atoms with Crippen LogP contribution in [-0.4, -0.2) is 67.5 Å². The van der Waals surface area contributed by atoms with Crippen molar-refractivity contribution in [3.8, 4) is 0 Å². The first-order valence-corrected chi connectivity index (χ1v) is 15.5. The molecule has 0 aliphatic carbocycles. The Morgan fingerprint density at radius 1 is 1.04 bits per heavy atom. The number of H-pyrrole nitrogens is 1. The van der Waals surface area contributed by atoms with Crippen molar-refractivity contribution in [2.45, 2.75) is 83.7 Å². The van der Waals surface area contributed by atoms with Gasteiger partial charge in [0.15, 0.2) is 6.10 Å². The standard InChI is InChI=1S/C33H42N4O7S/c1-7-19-14(2)24(36-32(19)42)11-22-16(4)21(10-28(38)33(43)44)26(35-22)13-25-20(8-9-29(39)40)15(3)23(34-25)12-27-30(18(6)45)17(5)31(41)37-27/h7,12-13,17-18,22,24,28,30,34-35,38,45H,1,8-11H2,2-6H3,(H,36,42)(H,37,41)(H,39,40)(H,43,44)/b26-13-,27-12-/t17-,18?,22?,24-,28+,30+/m1/s1. The Balaban J connectivity index is 1.77. The minimum Gasteiger partial charge on any atom is -0.481 e. The van der Waals surface area contributed by atoms with E-state index in [9.17, 15) is 34.5 Å². The Morgan fingerprint density at radius 2 is 1.71 bits per heavy atom. The van der Waals surface area contributed by atoms with Crippen molar-refractivity contribution in [1.82, 2.24) is 20.9 Å². The van der Waals surface area contributed by atoms with Crippen molar-refractivity contribution in [2.75, 3.05) is 0 Å². The molecule has 11 nitrogen and oxygen atoms in total. The first-order chi connectivity index (χ1) is 21.1. The van der Waals surface area contributed by atoms with Crippen LogP contribution < -0.4 is 16.0 Å². The summed E-state index contributed by atoms with van der Waals surface area (Å²) in [5.74, 6) is -2.96. The van der Waals surface area contributed by atoms with E-state index in [-0.39, 0.29) is 60.2 Å². The molecular formula is C33H42N4O7S. The number of allylic oxidation sites excluding steroid dienone is 2. The average Bonchev–Trinajstić information content (AvgIpc) is 3.60. The van der Waals surface area contributed by atoms with Gasteiger partial charge in [0, 0.05) is 64.3 Å². The van der Waals surface area contributed by atoms with Crippen LogP contribution in [0.25, 0.3) is 12.2 Å². The normalized spacial score (nSPS) is 26.4. The van der Waals surface area contributed by atoms with Gasteiger partial charge in [0.1, 0.15) is 0 Å². The smallest absolute Gasteiger partial charge is 0.332 e. The molecule has 2 unspecified atom stereocenters. The van der Waals surface area contributed by atoms with Crippen LogP contribution in [0, 0.1) is 18.8 Å². The lowest BCUT2D eigenvalue weighted by molar-refractivity contribution is -0.146. The summed E-state index contributed by atoms with van der Waals surface area (Å²) in [6.07, 6.45) is 4.05. The van der Waals surface area contributed by atoms with Crippen LogP contribution in [0.15, 0.2) is 46.3 Å². The zero-order valence-corrected chi connectivity index (χ0v) is 27.0. The third-order valence-corrected chi connectivity index (χ3v) is 9.56. The molecule has 2 amide bonds. The molecule has 4 rings (SSSR count). The molecule has 0 aromatic carbocycles. The Labute approximate surface area is 268 Å². The number of carboxylic acid groups (broad SMARTS) is 2. The predicted molar refractivity (Wildman–Crippen MR) is 174 cm³/mol. The van der Waals surface area contributed by atoms with E-state index in [0.717, 1.165) is 28.0 Å². The minimum atomic E-state index is -1.63. The number of amides is 2. The van der Waals surface area contributed by atoms with Gasteiger partial charge < -0.3 is 36.3 Å². The summed E-state index contributed by atoms with van der Waals surface area (Å²) in [6.45, 7) is 13.2. The van der Waals surface area contributed by atoms with Crippen LogP contribution in [0.5, 0.6) is 0 Å². The highest BCUT2D eigenvalue weighted by Gasteiger charge is 2.38.